The molecule has 0 aliphatic heterocycles. The molecule has 0 aromatic carbocycles. The first-order valence-corrected chi connectivity index (χ1v) is 5.71. The lowest BCUT2D eigenvalue weighted by atomic mass is 10.5. The van der Waals surface area contributed by atoms with Gasteiger partial charge in [0.05, 0.1) is 0 Å². The van der Waals surface area contributed by atoms with Crippen molar-refractivity contribution >= 4 is 16.5 Å². The minimum Gasteiger partial charge on any atom is -0.342 e. The molecule has 16 heavy (non-hydrogen) atoms. The number of aromatic nitrogens is 2. The number of nitrogens with two attached hydrogens (primary N) is 1. The van der Waals surface area contributed by atoms with Crippen LogP contribution in [0.15, 0.2) is 0 Å². The second-order valence-corrected chi connectivity index (χ2v) is 4.56. The predicted octanol–water partition coefficient (Wildman–Crippen LogP) is 1.48. The summed E-state index contributed by atoms with van der Waals surface area (Å²) in [5, 5.41) is 6.17. The summed E-state index contributed by atoms with van der Waals surface area (Å²) in [4.78, 5) is 1.81. The second-order valence-electron chi connectivity index (χ2n) is 3.60. The van der Waals surface area contributed by atoms with E-state index in [-0.39, 0.29) is 6.04 Å². The van der Waals surface area contributed by atoms with Gasteiger partial charge in [-0.3, -0.25) is 0 Å². The van der Waals surface area contributed by atoms with E-state index in [2.05, 4.69) is 10.2 Å². The zero-order valence-corrected chi connectivity index (χ0v) is 9.18. The Bertz CT molecular complexity index is 360. The Morgan fingerprint density at radius 3 is 2.50 bits per heavy atom. The highest BCUT2D eigenvalue weighted by atomic mass is 32.1. The van der Waals surface area contributed by atoms with Crippen LogP contribution in [-0.2, 0) is 6.18 Å². The smallest absolute Gasteiger partial charge is 0.342 e. The van der Waals surface area contributed by atoms with Crippen molar-refractivity contribution in [2.45, 2.75) is 25.1 Å². The number of halogens is 3. The van der Waals surface area contributed by atoms with Crippen LogP contribution in [-0.4, -0.2) is 29.3 Å². The fraction of sp³-hybridized carbons (Fsp3) is 0.750. The maximum atomic E-state index is 12.3. The Hall–Kier alpha value is -0.890. The lowest BCUT2D eigenvalue weighted by molar-refractivity contribution is -0.138. The molecule has 1 saturated carbocycles. The Morgan fingerprint density at radius 1 is 1.38 bits per heavy atom. The van der Waals surface area contributed by atoms with Gasteiger partial charge in [-0.2, -0.15) is 13.2 Å². The molecule has 1 aliphatic rings. The summed E-state index contributed by atoms with van der Waals surface area (Å²) in [5.74, 6) is 0. The molecule has 8 heteroatoms. The van der Waals surface area contributed by atoms with Crippen LogP contribution in [0.3, 0.4) is 0 Å². The minimum atomic E-state index is -4.41. The number of alkyl halides is 3. The Labute approximate surface area is 94.3 Å². The van der Waals surface area contributed by atoms with Crippen molar-refractivity contribution in [3.05, 3.63) is 5.01 Å². The van der Waals surface area contributed by atoms with Crippen molar-refractivity contribution in [1.82, 2.24) is 10.2 Å². The van der Waals surface area contributed by atoms with Crippen LogP contribution in [0.1, 0.15) is 17.8 Å². The van der Waals surface area contributed by atoms with E-state index in [0.29, 0.717) is 29.6 Å². The first kappa shape index (κ1) is 11.6. The average molecular weight is 252 g/mol. The Kier molecular flexibility index (Phi) is 3.02. The van der Waals surface area contributed by atoms with Crippen molar-refractivity contribution in [3.63, 3.8) is 0 Å². The lowest BCUT2D eigenvalue weighted by Gasteiger charge is -2.19. The van der Waals surface area contributed by atoms with Crippen molar-refractivity contribution in [1.29, 1.82) is 0 Å². The van der Waals surface area contributed by atoms with Gasteiger partial charge in [0.1, 0.15) is 0 Å². The predicted molar refractivity (Wildman–Crippen MR) is 54.3 cm³/mol. The van der Waals surface area contributed by atoms with Crippen LogP contribution in [0.25, 0.3) is 0 Å². The van der Waals surface area contributed by atoms with Gasteiger partial charge in [-0.05, 0) is 12.8 Å². The molecule has 0 bridgehead atoms. The van der Waals surface area contributed by atoms with Crippen molar-refractivity contribution in [2.75, 3.05) is 18.0 Å². The van der Waals surface area contributed by atoms with Crippen LogP contribution in [0.4, 0.5) is 18.3 Å². The zero-order chi connectivity index (χ0) is 11.8. The quantitative estimate of drug-likeness (QED) is 0.882. The van der Waals surface area contributed by atoms with E-state index in [4.69, 9.17) is 5.73 Å². The Balaban J connectivity index is 2.15. The molecule has 0 amide bonds. The zero-order valence-electron chi connectivity index (χ0n) is 8.37. The summed E-state index contributed by atoms with van der Waals surface area (Å²) in [6, 6.07) is 0.289. The topological polar surface area (TPSA) is 55.0 Å². The molecule has 90 valence electrons. The van der Waals surface area contributed by atoms with E-state index < -0.39 is 11.2 Å². The maximum Gasteiger partial charge on any atom is 0.445 e. The number of hydrogen-bond donors (Lipinski definition) is 1. The van der Waals surface area contributed by atoms with E-state index >= 15 is 0 Å². The fourth-order valence-corrected chi connectivity index (χ4v) is 2.22. The van der Waals surface area contributed by atoms with Gasteiger partial charge < -0.3 is 10.6 Å². The first-order chi connectivity index (χ1) is 7.52. The minimum absolute atomic E-state index is 0.289. The molecule has 0 spiro atoms. The third-order valence-corrected chi connectivity index (χ3v) is 3.27. The van der Waals surface area contributed by atoms with Gasteiger partial charge in [-0.1, -0.05) is 11.3 Å². The molecule has 1 heterocycles. The highest BCUT2D eigenvalue weighted by molar-refractivity contribution is 7.15. The maximum absolute atomic E-state index is 12.3. The first-order valence-electron chi connectivity index (χ1n) is 4.90. The van der Waals surface area contributed by atoms with E-state index in [1.54, 1.807) is 0 Å². The van der Waals surface area contributed by atoms with Gasteiger partial charge in [0.15, 0.2) is 0 Å². The summed E-state index contributed by atoms with van der Waals surface area (Å²) < 4.78 is 37.0. The normalized spacial score (nSPS) is 16.5. The molecule has 1 aromatic rings. The van der Waals surface area contributed by atoms with E-state index in [1.807, 2.05) is 4.90 Å². The molecule has 4 nitrogen and oxygen atoms in total. The number of anilines is 1. The largest absolute Gasteiger partial charge is 0.445 e. The third kappa shape index (κ3) is 2.43. The molecule has 0 unspecified atom stereocenters. The molecular weight excluding hydrogens is 241 g/mol. The van der Waals surface area contributed by atoms with E-state index in [9.17, 15) is 13.2 Å². The van der Waals surface area contributed by atoms with Gasteiger partial charge >= 0.3 is 6.18 Å². The monoisotopic (exact) mass is 252 g/mol. The SMILES string of the molecule is NCCN(c1nnc(C(F)(F)F)s1)C1CC1. The standard InChI is InChI=1S/C8H11F3N4S/c9-8(10,11)6-13-14-7(16-6)15(4-3-12)5-1-2-5/h5H,1-4,12H2. The molecule has 0 radical (unpaired) electrons. The van der Waals surface area contributed by atoms with Gasteiger partial charge in [0.25, 0.3) is 0 Å². The summed E-state index contributed by atoms with van der Waals surface area (Å²) >= 11 is 0.579. The Morgan fingerprint density at radius 2 is 2.06 bits per heavy atom. The highest BCUT2D eigenvalue weighted by Gasteiger charge is 2.38. The van der Waals surface area contributed by atoms with Crippen LogP contribution >= 0.6 is 11.3 Å². The summed E-state index contributed by atoms with van der Waals surface area (Å²) in [6.45, 7) is 0.925. The van der Waals surface area contributed by atoms with Crippen molar-refractivity contribution in [3.8, 4) is 0 Å². The van der Waals surface area contributed by atoms with Crippen LogP contribution < -0.4 is 10.6 Å². The molecule has 2 rings (SSSR count). The molecule has 1 aliphatic carbocycles. The van der Waals surface area contributed by atoms with Gasteiger partial charge in [-0.25, -0.2) is 0 Å². The molecule has 1 aromatic heterocycles. The highest BCUT2D eigenvalue weighted by Crippen LogP contribution is 2.37. The molecule has 0 saturated heterocycles. The summed E-state index contributed by atoms with van der Waals surface area (Å²) in [5.41, 5.74) is 5.42. The van der Waals surface area contributed by atoms with Gasteiger partial charge in [-0.15, -0.1) is 10.2 Å². The van der Waals surface area contributed by atoms with Gasteiger partial charge in [0, 0.05) is 19.1 Å². The molecule has 2 N–H and O–H groups in total. The number of rotatable bonds is 4. The fourth-order valence-electron chi connectivity index (χ4n) is 1.41. The summed E-state index contributed by atoms with van der Waals surface area (Å²) in [6.07, 6.45) is -2.43. The van der Waals surface area contributed by atoms with Crippen LogP contribution in [0.2, 0.25) is 0 Å². The lowest BCUT2D eigenvalue weighted by Crippen LogP contribution is -2.31. The van der Waals surface area contributed by atoms with Crippen LogP contribution in [0.5, 0.6) is 0 Å². The molecule has 1 fully saturated rings. The number of hydrogen-bond acceptors (Lipinski definition) is 5. The van der Waals surface area contributed by atoms with Crippen molar-refractivity contribution in [2.24, 2.45) is 5.73 Å². The van der Waals surface area contributed by atoms with Crippen molar-refractivity contribution < 1.29 is 13.2 Å². The molecular formula is C8H11F3N4S. The van der Waals surface area contributed by atoms with Crippen LogP contribution in [0, 0.1) is 0 Å². The average Bonchev–Trinajstić information content (AvgIpc) is 2.89. The number of nitrogens with zero attached hydrogens (tertiary/aromatic N) is 3. The van der Waals surface area contributed by atoms with Gasteiger partial charge in [0.2, 0.25) is 10.1 Å². The van der Waals surface area contributed by atoms with E-state index in [1.165, 1.54) is 0 Å². The summed E-state index contributed by atoms with van der Waals surface area (Å²) in [7, 11) is 0. The second kappa shape index (κ2) is 4.17. The van der Waals surface area contributed by atoms with E-state index in [0.717, 1.165) is 12.8 Å². The third-order valence-electron chi connectivity index (χ3n) is 2.26. The molecule has 0 atom stereocenters.